The first-order chi connectivity index (χ1) is 19.6. The minimum Gasteiger partial charge on any atom is -0.458 e. The van der Waals surface area contributed by atoms with E-state index in [4.69, 9.17) is 23.7 Å². The summed E-state index contributed by atoms with van der Waals surface area (Å²) in [6.07, 6.45) is -2.62. The molecule has 2 amide bonds. The van der Waals surface area contributed by atoms with Crippen LogP contribution in [0.3, 0.4) is 0 Å². The SMILES string of the molecule is CC(C)COC1C(Cc2cccc3ccccc23)COCC(N(C(=O)OC(C)(C)C)C(=O)OC(C)(C)C)C(=O)OC1C. The summed E-state index contributed by atoms with van der Waals surface area (Å²) in [6.45, 7) is 16.3. The van der Waals surface area contributed by atoms with Gasteiger partial charge in [0.05, 0.1) is 19.3 Å². The van der Waals surface area contributed by atoms with Gasteiger partial charge >= 0.3 is 18.2 Å². The summed E-state index contributed by atoms with van der Waals surface area (Å²) >= 11 is 0. The maximum Gasteiger partial charge on any atom is 0.420 e. The van der Waals surface area contributed by atoms with Crippen molar-refractivity contribution in [1.82, 2.24) is 4.90 Å². The van der Waals surface area contributed by atoms with Crippen LogP contribution in [0.1, 0.15) is 67.9 Å². The predicted molar refractivity (Wildman–Crippen MR) is 160 cm³/mol. The van der Waals surface area contributed by atoms with Crippen LogP contribution in [-0.4, -0.2) is 72.3 Å². The van der Waals surface area contributed by atoms with Crippen molar-refractivity contribution >= 4 is 28.9 Å². The molecule has 3 rings (SSSR count). The molecule has 0 saturated carbocycles. The fourth-order valence-corrected chi connectivity index (χ4v) is 4.84. The molecule has 1 heterocycles. The molecule has 1 saturated heterocycles. The van der Waals surface area contributed by atoms with Crippen LogP contribution in [0.25, 0.3) is 10.8 Å². The van der Waals surface area contributed by atoms with Gasteiger partial charge in [-0.1, -0.05) is 56.3 Å². The molecule has 42 heavy (non-hydrogen) atoms. The van der Waals surface area contributed by atoms with E-state index in [1.807, 2.05) is 18.2 Å². The molecule has 0 radical (unpaired) electrons. The van der Waals surface area contributed by atoms with Crippen molar-refractivity contribution in [3.63, 3.8) is 0 Å². The molecule has 1 fully saturated rings. The van der Waals surface area contributed by atoms with Crippen molar-refractivity contribution < 1.29 is 38.1 Å². The Bertz CT molecular complexity index is 1200. The number of hydrogen-bond donors (Lipinski definition) is 0. The number of fused-ring (bicyclic) bond motifs is 1. The Labute approximate surface area is 249 Å². The van der Waals surface area contributed by atoms with Gasteiger partial charge in [0.2, 0.25) is 0 Å². The summed E-state index contributed by atoms with van der Waals surface area (Å²) < 4.78 is 29.4. The minimum absolute atomic E-state index is 0.187. The van der Waals surface area contributed by atoms with Crippen LogP contribution in [-0.2, 0) is 34.9 Å². The molecule has 0 bridgehead atoms. The predicted octanol–water partition coefficient (Wildman–Crippen LogP) is 6.54. The van der Waals surface area contributed by atoms with Crippen molar-refractivity contribution in [3.8, 4) is 0 Å². The number of ether oxygens (including phenoxy) is 5. The Balaban J connectivity index is 1.96. The fraction of sp³-hybridized carbons (Fsp3) is 0.606. The maximum atomic E-state index is 13.6. The van der Waals surface area contributed by atoms with E-state index in [-0.39, 0.29) is 25.0 Å². The number of amides is 2. The number of carbonyl (C=O) groups excluding carboxylic acids is 3. The van der Waals surface area contributed by atoms with Crippen LogP contribution in [0.4, 0.5) is 9.59 Å². The number of esters is 1. The smallest absolute Gasteiger partial charge is 0.420 e. The van der Waals surface area contributed by atoms with Gasteiger partial charge in [0, 0.05) is 12.5 Å². The van der Waals surface area contributed by atoms with E-state index in [2.05, 4.69) is 38.1 Å². The average molecular weight is 586 g/mol. The number of imide groups is 1. The highest BCUT2D eigenvalue weighted by molar-refractivity contribution is 5.94. The average Bonchev–Trinajstić information content (AvgIpc) is 2.90. The summed E-state index contributed by atoms with van der Waals surface area (Å²) in [4.78, 5) is 40.9. The van der Waals surface area contributed by atoms with Crippen molar-refractivity contribution in [2.24, 2.45) is 11.8 Å². The number of hydrogen-bond acceptors (Lipinski definition) is 8. The first-order valence-electron chi connectivity index (χ1n) is 14.7. The van der Waals surface area contributed by atoms with Gasteiger partial charge in [-0.15, -0.1) is 0 Å². The van der Waals surface area contributed by atoms with Crippen LogP contribution in [0.15, 0.2) is 42.5 Å². The summed E-state index contributed by atoms with van der Waals surface area (Å²) in [5.41, 5.74) is -0.723. The van der Waals surface area contributed by atoms with E-state index in [1.165, 1.54) is 0 Å². The lowest BCUT2D eigenvalue weighted by atomic mass is 9.89. The first-order valence-corrected chi connectivity index (χ1v) is 14.7. The number of cyclic esters (lactones) is 1. The van der Waals surface area contributed by atoms with E-state index >= 15 is 0 Å². The Kier molecular flexibility index (Phi) is 11.0. The molecule has 232 valence electrons. The van der Waals surface area contributed by atoms with Gasteiger partial charge in [-0.2, -0.15) is 4.90 Å². The van der Waals surface area contributed by atoms with Crippen molar-refractivity contribution in [1.29, 1.82) is 0 Å². The van der Waals surface area contributed by atoms with Crippen molar-refractivity contribution in [2.45, 2.75) is 98.2 Å². The molecule has 1 aliphatic rings. The Morgan fingerprint density at radius 1 is 0.929 bits per heavy atom. The summed E-state index contributed by atoms with van der Waals surface area (Å²) in [5.74, 6) is -0.738. The lowest BCUT2D eigenvalue weighted by Gasteiger charge is -2.33. The number of benzene rings is 2. The molecule has 0 aromatic heterocycles. The number of nitrogens with zero attached hydrogens (tertiary/aromatic N) is 1. The zero-order valence-electron chi connectivity index (χ0n) is 26.5. The Hall–Kier alpha value is -3.17. The topological polar surface area (TPSA) is 101 Å². The van der Waals surface area contributed by atoms with Gasteiger partial charge in [0.25, 0.3) is 0 Å². The summed E-state index contributed by atoms with van der Waals surface area (Å²) in [6, 6.07) is 12.9. The van der Waals surface area contributed by atoms with Gasteiger partial charge in [0.15, 0.2) is 6.04 Å². The van der Waals surface area contributed by atoms with Gasteiger partial charge < -0.3 is 23.7 Å². The van der Waals surface area contributed by atoms with Crippen LogP contribution >= 0.6 is 0 Å². The van der Waals surface area contributed by atoms with E-state index in [0.717, 1.165) is 16.3 Å². The van der Waals surface area contributed by atoms with Crippen molar-refractivity contribution in [3.05, 3.63) is 48.0 Å². The highest BCUT2D eigenvalue weighted by atomic mass is 16.6. The fourth-order valence-electron chi connectivity index (χ4n) is 4.84. The van der Waals surface area contributed by atoms with Gasteiger partial charge in [-0.05, 0) is 77.1 Å². The van der Waals surface area contributed by atoms with E-state index in [0.29, 0.717) is 17.9 Å². The minimum atomic E-state index is -1.42. The molecule has 2 aromatic rings. The van der Waals surface area contributed by atoms with Crippen LogP contribution < -0.4 is 0 Å². The van der Waals surface area contributed by atoms with Crippen LogP contribution in [0.5, 0.6) is 0 Å². The van der Waals surface area contributed by atoms with Gasteiger partial charge in [0.1, 0.15) is 17.3 Å². The van der Waals surface area contributed by atoms with Gasteiger partial charge in [-0.25, -0.2) is 14.4 Å². The largest absolute Gasteiger partial charge is 0.458 e. The number of carbonyl (C=O) groups is 3. The molecule has 0 N–H and O–H groups in total. The molecular weight excluding hydrogens is 538 g/mol. The normalized spacial score (nSPS) is 22.1. The molecular formula is C33H47NO8. The molecule has 0 spiro atoms. The second-order valence-electron chi connectivity index (χ2n) is 13.3. The summed E-state index contributed by atoms with van der Waals surface area (Å²) in [7, 11) is 0. The zero-order chi connectivity index (χ0) is 31.2. The van der Waals surface area contributed by atoms with E-state index in [9.17, 15) is 14.4 Å². The molecule has 9 heteroatoms. The molecule has 4 atom stereocenters. The van der Waals surface area contributed by atoms with E-state index in [1.54, 1.807) is 48.5 Å². The number of rotatable bonds is 6. The molecule has 1 aliphatic heterocycles. The third kappa shape index (κ3) is 9.42. The lowest BCUT2D eigenvalue weighted by Crippen LogP contribution is -2.54. The Morgan fingerprint density at radius 2 is 1.52 bits per heavy atom. The first kappa shape index (κ1) is 33.3. The Morgan fingerprint density at radius 3 is 2.12 bits per heavy atom. The third-order valence-electron chi connectivity index (χ3n) is 6.59. The highest BCUT2D eigenvalue weighted by Crippen LogP contribution is 2.28. The third-order valence-corrected chi connectivity index (χ3v) is 6.59. The van der Waals surface area contributed by atoms with Crippen molar-refractivity contribution in [2.75, 3.05) is 19.8 Å². The molecule has 2 aromatic carbocycles. The van der Waals surface area contributed by atoms with Gasteiger partial charge in [-0.3, -0.25) is 0 Å². The van der Waals surface area contributed by atoms with E-state index < -0.39 is 47.6 Å². The van der Waals surface area contributed by atoms with Crippen LogP contribution in [0.2, 0.25) is 0 Å². The lowest BCUT2D eigenvalue weighted by molar-refractivity contribution is -0.164. The zero-order valence-corrected chi connectivity index (χ0v) is 26.5. The highest BCUT2D eigenvalue weighted by Gasteiger charge is 2.44. The van der Waals surface area contributed by atoms with Crippen LogP contribution in [0, 0.1) is 11.8 Å². The maximum absolute atomic E-state index is 13.6. The monoisotopic (exact) mass is 585 g/mol. The second-order valence-corrected chi connectivity index (χ2v) is 13.3. The second kappa shape index (κ2) is 13.9. The standard InChI is InChI=1S/C33H47NO8/c1-21(2)18-39-28-22(3)40-29(35)27(34(30(36)41-32(4,5)6)31(37)42-33(7,8)9)20-38-19-25(28)17-24-15-12-14-23-13-10-11-16-26(23)24/h10-16,21-22,25,27-28H,17-20H2,1-9H3. The molecule has 0 aliphatic carbocycles. The molecule has 4 unspecified atom stereocenters. The quantitative estimate of drug-likeness (QED) is 0.278. The summed E-state index contributed by atoms with van der Waals surface area (Å²) in [5, 5.41) is 2.26. The molecule has 9 nitrogen and oxygen atoms in total.